The summed E-state index contributed by atoms with van der Waals surface area (Å²) in [5, 5.41) is 0. The SMILES string of the molecule is CCOC1(c2nc(CC)c(Br)c(=O)[nH]2)CCOCC1. The van der Waals surface area contributed by atoms with Gasteiger partial charge in [0.25, 0.3) is 5.56 Å². The van der Waals surface area contributed by atoms with Gasteiger partial charge in [-0.25, -0.2) is 4.98 Å². The Balaban J connectivity index is 2.47. The van der Waals surface area contributed by atoms with Crippen molar-refractivity contribution in [2.75, 3.05) is 19.8 Å². The minimum atomic E-state index is -0.517. The monoisotopic (exact) mass is 330 g/mol. The van der Waals surface area contributed by atoms with Crippen LogP contribution in [0, 0.1) is 0 Å². The van der Waals surface area contributed by atoms with Crippen LogP contribution in [0.1, 0.15) is 38.2 Å². The first kappa shape index (κ1) is 14.7. The molecule has 0 aromatic carbocycles. The van der Waals surface area contributed by atoms with Gasteiger partial charge in [-0.05, 0) is 29.3 Å². The molecule has 1 saturated heterocycles. The van der Waals surface area contributed by atoms with E-state index in [9.17, 15) is 4.79 Å². The van der Waals surface area contributed by atoms with Crippen molar-refractivity contribution in [2.45, 2.75) is 38.7 Å². The molecule has 0 spiro atoms. The maximum Gasteiger partial charge on any atom is 0.265 e. The first-order valence-electron chi connectivity index (χ1n) is 6.64. The molecule has 6 heteroatoms. The Labute approximate surface area is 120 Å². The Morgan fingerprint density at radius 1 is 1.42 bits per heavy atom. The molecule has 1 N–H and O–H groups in total. The van der Waals surface area contributed by atoms with Gasteiger partial charge in [0.2, 0.25) is 0 Å². The van der Waals surface area contributed by atoms with Crippen LogP contribution in [-0.2, 0) is 21.5 Å². The largest absolute Gasteiger partial charge is 0.381 e. The summed E-state index contributed by atoms with van der Waals surface area (Å²) in [6.07, 6.45) is 2.14. The van der Waals surface area contributed by atoms with Gasteiger partial charge < -0.3 is 14.5 Å². The number of aryl methyl sites for hydroxylation is 1. The quantitative estimate of drug-likeness (QED) is 0.918. The zero-order valence-electron chi connectivity index (χ0n) is 11.3. The number of ether oxygens (including phenoxy) is 2. The molecule has 0 aliphatic carbocycles. The Hall–Kier alpha value is -0.720. The molecular formula is C13H19BrN2O3. The summed E-state index contributed by atoms with van der Waals surface area (Å²) in [4.78, 5) is 19.4. The summed E-state index contributed by atoms with van der Waals surface area (Å²) < 4.78 is 11.8. The van der Waals surface area contributed by atoms with Gasteiger partial charge in [0.1, 0.15) is 15.9 Å². The van der Waals surface area contributed by atoms with Crippen LogP contribution in [0.4, 0.5) is 0 Å². The lowest BCUT2D eigenvalue weighted by Crippen LogP contribution is -2.40. The van der Waals surface area contributed by atoms with Crippen LogP contribution in [0.5, 0.6) is 0 Å². The number of halogens is 1. The molecule has 1 aromatic heterocycles. The van der Waals surface area contributed by atoms with Crippen LogP contribution in [0.15, 0.2) is 9.27 Å². The number of H-pyrrole nitrogens is 1. The maximum atomic E-state index is 12.0. The molecule has 0 bridgehead atoms. The third-order valence-corrected chi connectivity index (χ3v) is 4.24. The van der Waals surface area contributed by atoms with Crippen LogP contribution in [0.25, 0.3) is 0 Å². The van der Waals surface area contributed by atoms with E-state index in [0.717, 1.165) is 5.69 Å². The second kappa shape index (κ2) is 6.15. The Bertz CT molecular complexity index is 490. The second-order valence-corrected chi connectivity index (χ2v) is 5.36. The third kappa shape index (κ3) is 2.90. The number of hydrogen-bond acceptors (Lipinski definition) is 4. The van der Waals surface area contributed by atoms with Crippen molar-refractivity contribution in [3.05, 3.63) is 26.3 Å². The van der Waals surface area contributed by atoms with Crippen molar-refractivity contribution in [2.24, 2.45) is 0 Å². The number of aromatic nitrogens is 2. The highest BCUT2D eigenvalue weighted by Gasteiger charge is 2.38. The van der Waals surface area contributed by atoms with Crippen LogP contribution in [-0.4, -0.2) is 29.8 Å². The fourth-order valence-electron chi connectivity index (χ4n) is 2.38. The van der Waals surface area contributed by atoms with Crippen molar-refractivity contribution in [3.8, 4) is 0 Å². The molecule has 1 aromatic rings. The molecule has 106 valence electrons. The average molecular weight is 331 g/mol. The van der Waals surface area contributed by atoms with Crippen LogP contribution < -0.4 is 5.56 Å². The molecule has 5 nitrogen and oxygen atoms in total. The summed E-state index contributed by atoms with van der Waals surface area (Å²) in [7, 11) is 0. The van der Waals surface area contributed by atoms with E-state index in [-0.39, 0.29) is 5.56 Å². The van der Waals surface area contributed by atoms with E-state index in [1.165, 1.54) is 0 Å². The van der Waals surface area contributed by atoms with Crippen LogP contribution in [0.3, 0.4) is 0 Å². The molecule has 0 saturated carbocycles. The topological polar surface area (TPSA) is 64.2 Å². The summed E-state index contributed by atoms with van der Waals surface area (Å²) in [5.74, 6) is 0.628. The Kier molecular flexibility index (Phi) is 4.76. The zero-order chi connectivity index (χ0) is 13.9. The van der Waals surface area contributed by atoms with Gasteiger partial charge in [0.05, 0.1) is 5.69 Å². The Morgan fingerprint density at radius 3 is 2.68 bits per heavy atom. The summed E-state index contributed by atoms with van der Waals surface area (Å²) >= 11 is 3.28. The van der Waals surface area contributed by atoms with E-state index in [1.807, 2.05) is 13.8 Å². The number of nitrogens with one attached hydrogen (secondary N) is 1. The molecule has 0 atom stereocenters. The molecular weight excluding hydrogens is 312 g/mol. The number of nitrogens with zero attached hydrogens (tertiary/aromatic N) is 1. The van der Waals surface area contributed by atoms with Crippen molar-refractivity contribution >= 4 is 15.9 Å². The Morgan fingerprint density at radius 2 is 2.11 bits per heavy atom. The van der Waals surface area contributed by atoms with E-state index in [4.69, 9.17) is 9.47 Å². The van der Waals surface area contributed by atoms with Gasteiger partial charge in [0.15, 0.2) is 0 Å². The standard InChI is InChI=1S/C13H19BrN2O3/c1-3-9-10(14)11(17)16-12(15-9)13(19-4-2)5-7-18-8-6-13/h3-8H2,1-2H3,(H,15,16,17). The van der Waals surface area contributed by atoms with Crippen molar-refractivity contribution in [1.29, 1.82) is 0 Å². The maximum absolute atomic E-state index is 12.0. The van der Waals surface area contributed by atoms with E-state index in [2.05, 4.69) is 25.9 Å². The highest BCUT2D eigenvalue weighted by Crippen LogP contribution is 2.34. The predicted molar refractivity (Wildman–Crippen MR) is 75.3 cm³/mol. The molecule has 1 aliphatic heterocycles. The minimum absolute atomic E-state index is 0.146. The van der Waals surface area contributed by atoms with Crippen molar-refractivity contribution in [1.82, 2.24) is 9.97 Å². The minimum Gasteiger partial charge on any atom is -0.381 e. The smallest absolute Gasteiger partial charge is 0.265 e. The van der Waals surface area contributed by atoms with Crippen LogP contribution in [0.2, 0.25) is 0 Å². The first-order valence-corrected chi connectivity index (χ1v) is 7.43. The second-order valence-electron chi connectivity index (χ2n) is 4.57. The van der Waals surface area contributed by atoms with Gasteiger partial charge in [-0.1, -0.05) is 6.92 Å². The summed E-state index contributed by atoms with van der Waals surface area (Å²) in [6, 6.07) is 0. The number of aromatic amines is 1. The van der Waals surface area contributed by atoms with Crippen molar-refractivity contribution < 1.29 is 9.47 Å². The molecule has 1 fully saturated rings. The van der Waals surface area contributed by atoms with Gasteiger partial charge in [-0.15, -0.1) is 0 Å². The molecule has 0 amide bonds. The first-order chi connectivity index (χ1) is 9.13. The lowest BCUT2D eigenvalue weighted by molar-refractivity contribution is -0.118. The lowest BCUT2D eigenvalue weighted by atomic mass is 9.92. The molecule has 0 radical (unpaired) electrons. The normalized spacial score (nSPS) is 18.5. The highest BCUT2D eigenvalue weighted by atomic mass is 79.9. The average Bonchev–Trinajstić information content (AvgIpc) is 2.43. The van der Waals surface area contributed by atoms with Gasteiger partial charge in [-0.3, -0.25) is 4.79 Å². The lowest BCUT2D eigenvalue weighted by Gasteiger charge is -2.35. The van der Waals surface area contributed by atoms with Crippen molar-refractivity contribution in [3.63, 3.8) is 0 Å². The van der Waals surface area contributed by atoms with E-state index in [1.54, 1.807) is 0 Å². The molecule has 19 heavy (non-hydrogen) atoms. The predicted octanol–water partition coefficient (Wildman–Crippen LogP) is 2.14. The molecule has 0 unspecified atom stereocenters. The summed E-state index contributed by atoms with van der Waals surface area (Å²) in [6.45, 7) is 5.77. The van der Waals surface area contributed by atoms with Gasteiger partial charge in [0, 0.05) is 32.7 Å². The third-order valence-electron chi connectivity index (χ3n) is 3.42. The van der Waals surface area contributed by atoms with Gasteiger partial charge >= 0.3 is 0 Å². The molecule has 2 heterocycles. The van der Waals surface area contributed by atoms with E-state index in [0.29, 0.717) is 49.4 Å². The van der Waals surface area contributed by atoms with Gasteiger partial charge in [-0.2, -0.15) is 0 Å². The van der Waals surface area contributed by atoms with E-state index >= 15 is 0 Å². The number of hydrogen-bond donors (Lipinski definition) is 1. The van der Waals surface area contributed by atoms with E-state index < -0.39 is 5.60 Å². The fraction of sp³-hybridized carbons (Fsp3) is 0.692. The summed E-state index contributed by atoms with van der Waals surface area (Å²) in [5.41, 5.74) is 0.105. The fourth-order valence-corrected chi connectivity index (χ4v) is 2.85. The highest BCUT2D eigenvalue weighted by molar-refractivity contribution is 9.10. The number of rotatable bonds is 4. The molecule has 2 rings (SSSR count). The molecule has 1 aliphatic rings. The zero-order valence-corrected chi connectivity index (χ0v) is 12.9. The van der Waals surface area contributed by atoms with Crippen LogP contribution >= 0.6 is 15.9 Å².